The summed E-state index contributed by atoms with van der Waals surface area (Å²) >= 11 is 0. The number of piperidine rings is 1. The number of fused-ring (bicyclic) bond motifs is 3. The smallest absolute Gasteiger partial charge is 0.337 e. The van der Waals surface area contributed by atoms with Gasteiger partial charge in [0.25, 0.3) is 0 Å². The first-order valence-corrected chi connectivity index (χ1v) is 11.9. The minimum Gasteiger partial charge on any atom is -0.478 e. The summed E-state index contributed by atoms with van der Waals surface area (Å²) in [6.45, 7) is 6.08. The molecule has 6 rings (SSSR count). The molecule has 0 amide bonds. The van der Waals surface area contributed by atoms with Crippen LogP contribution in [0.4, 0.5) is 11.6 Å². The molecule has 2 aromatic heterocycles. The van der Waals surface area contributed by atoms with Crippen LogP contribution < -0.4 is 10.2 Å². The third-order valence-corrected chi connectivity index (χ3v) is 7.56. The van der Waals surface area contributed by atoms with Crippen LogP contribution in [0.1, 0.15) is 60.1 Å². The van der Waals surface area contributed by atoms with Crippen LogP contribution in [0.25, 0.3) is 16.6 Å². The van der Waals surface area contributed by atoms with Gasteiger partial charge in [-0.2, -0.15) is 0 Å². The fraction of sp³-hybridized carbons (Fsp3) is 0.385. The summed E-state index contributed by atoms with van der Waals surface area (Å²) in [6.07, 6.45) is 6.89. The Labute approximate surface area is 197 Å². The predicted octanol–water partition coefficient (Wildman–Crippen LogP) is 4.84. The number of benzene rings is 2. The van der Waals surface area contributed by atoms with Crippen molar-refractivity contribution >= 4 is 34.2 Å². The van der Waals surface area contributed by atoms with Crippen LogP contribution in [0.3, 0.4) is 0 Å². The Kier molecular flexibility index (Phi) is 4.72. The van der Waals surface area contributed by atoms with E-state index in [2.05, 4.69) is 39.5 Å². The van der Waals surface area contributed by atoms with Gasteiger partial charge in [0.2, 0.25) is 5.95 Å². The Morgan fingerprint density at radius 1 is 1.15 bits per heavy atom. The SMILES string of the molecule is Cc1cc(C(C)Nc2ccccc2C(=O)O)c2nc(N3CCC4(CC3)CC4)n3cnnc3c2c1. The molecule has 2 N–H and O–H groups in total. The fourth-order valence-corrected chi connectivity index (χ4v) is 5.34. The van der Waals surface area contributed by atoms with Gasteiger partial charge in [-0.15, -0.1) is 10.2 Å². The van der Waals surface area contributed by atoms with E-state index in [1.54, 1.807) is 24.5 Å². The van der Waals surface area contributed by atoms with Gasteiger partial charge in [-0.1, -0.05) is 18.2 Å². The lowest BCUT2D eigenvalue weighted by molar-refractivity contribution is 0.0698. The van der Waals surface area contributed by atoms with Crippen molar-refractivity contribution in [2.75, 3.05) is 23.3 Å². The lowest BCUT2D eigenvalue weighted by Crippen LogP contribution is -2.36. The van der Waals surface area contributed by atoms with Crippen LogP contribution in [-0.4, -0.2) is 43.7 Å². The lowest BCUT2D eigenvalue weighted by Gasteiger charge is -2.33. The predicted molar refractivity (Wildman–Crippen MR) is 132 cm³/mol. The Hall–Kier alpha value is -3.68. The summed E-state index contributed by atoms with van der Waals surface area (Å²) < 4.78 is 2.01. The summed E-state index contributed by atoms with van der Waals surface area (Å²) in [4.78, 5) is 19.3. The van der Waals surface area contributed by atoms with E-state index >= 15 is 0 Å². The molecule has 8 heteroatoms. The number of nitrogens with zero attached hydrogens (tertiary/aromatic N) is 5. The number of aromatic carboxylic acids is 1. The maximum absolute atomic E-state index is 11.7. The molecule has 1 spiro atoms. The quantitative estimate of drug-likeness (QED) is 0.444. The summed E-state index contributed by atoms with van der Waals surface area (Å²) in [7, 11) is 0. The van der Waals surface area contributed by atoms with E-state index < -0.39 is 5.97 Å². The van der Waals surface area contributed by atoms with Crippen LogP contribution >= 0.6 is 0 Å². The van der Waals surface area contributed by atoms with Gasteiger partial charge >= 0.3 is 5.97 Å². The second-order valence-corrected chi connectivity index (χ2v) is 9.89. The van der Waals surface area contributed by atoms with E-state index in [0.717, 1.165) is 46.7 Å². The number of carbonyl (C=O) groups is 1. The maximum atomic E-state index is 11.7. The minimum atomic E-state index is -0.950. The van der Waals surface area contributed by atoms with E-state index in [4.69, 9.17) is 4.98 Å². The molecule has 2 fully saturated rings. The molecule has 4 aromatic rings. The molecule has 8 nitrogen and oxygen atoms in total. The Morgan fingerprint density at radius 2 is 1.91 bits per heavy atom. The first-order valence-electron chi connectivity index (χ1n) is 11.9. The molecule has 2 aliphatic rings. The molecule has 0 radical (unpaired) electrons. The van der Waals surface area contributed by atoms with Gasteiger partial charge in [0.1, 0.15) is 6.33 Å². The number of aromatic nitrogens is 4. The van der Waals surface area contributed by atoms with Crippen LogP contribution in [0, 0.1) is 12.3 Å². The highest BCUT2D eigenvalue weighted by molar-refractivity contribution is 5.96. The van der Waals surface area contributed by atoms with E-state index in [-0.39, 0.29) is 11.6 Å². The van der Waals surface area contributed by atoms with Gasteiger partial charge in [0.15, 0.2) is 5.65 Å². The topological polar surface area (TPSA) is 95.6 Å². The average Bonchev–Trinajstić information content (AvgIpc) is 3.38. The standard InChI is InChI=1S/C26H28N6O2/c1-16-13-19(17(2)28-21-6-4-3-5-18(21)24(33)34)22-20(14-16)23-30-27-15-32(23)25(29-22)31-11-9-26(7-8-26)10-12-31/h3-6,13-15,17,28H,7-12H2,1-2H3,(H,33,34). The number of carboxylic acid groups (broad SMARTS) is 1. The monoisotopic (exact) mass is 456 g/mol. The second kappa shape index (κ2) is 7.68. The maximum Gasteiger partial charge on any atom is 0.337 e. The number of hydrogen-bond donors (Lipinski definition) is 2. The number of aryl methyl sites for hydroxylation is 1. The summed E-state index contributed by atoms with van der Waals surface area (Å²) in [6, 6.07) is 11.1. The van der Waals surface area contributed by atoms with E-state index in [0.29, 0.717) is 11.1 Å². The van der Waals surface area contributed by atoms with Crippen molar-refractivity contribution in [3.05, 3.63) is 59.4 Å². The van der Waals surface area contributed by atoms with E-state index in [1.165, 1.54) is 25.7 Å². The van der Waals surface area contributed by atoms with Gasteiger partial charge in [-0.3, -0.25) is 4.40 Å². The van der Waals surface area contributed by atoms with Crippen molar-refractivity contribution in [2.45, 2.75) is 45.6 Å². The first-order chi connectivity index (χ1) is 16.4. The molecule has 1 saturated carbocycles. The van der Waals surface area contributed by atoms with Crippen molar-refractivity contribution in [3.63, 3.8) is 0 Å². The zero-order valence-corrected chi connectivity index (χ0v) is 19.5. The van der Waals surface area contributed by atoms with Crippen molar-refractivity contribution in [1.29, 1.82) is 0 Å². The molecule has 1 atom stereocenters. The Balaban J connectivity index is 1.45. The molecule has 0 bridgehead atoms. The first kappa shape index (κ1) is 20.9. The number of nitrogens with one attached hydrogen (secondary N) is 1. The molecule has 3 heterocycles. The van der Waals surface area contributed by atoms with Gasteiger partial charge in [0, 0.05) is 29.7 Å². The van der Waals surface area contributed by atoms with Crippen molar-refractivity contribution in [2.24, 2.45) is 5.41 Å². The molecular weight excluding hydrogens is 428 g/mol. The summed E-state index contributed by atoms with van der Waals surface area (Å²) in [5, 5.41) is 22.6. The van der Waals surface area contributed by atoms with Crippen LogP contribution in [0.2, 0.25) is 0 Å². The zero-order chi connectivity index (χ0) is 23.4. The van der Waals surface area contributed by atoms with Crippen LogP contribution in [-0.2, 0) is 0 Å². The molecule has 1 aliphatic heterocycles. The molecule has 1 saturated heterocycles. The van der Waals surface area contributed by atoms with Crippen molar-refractivity contribution < 1.29 is 9.90 Å². The summed E-state index contributed by atoms with van der Waals surface area (Å²) in [5.41, 5.74) is 5.20. The van der Waals surface area contributed by atoms with E-state index in [1.807, 2.05) is 17.4 Å². The van der Waals surface area contributed by atoms with Crippen molar-refractivity contribution in [1.82, 2.24) is 19.6 Å². The number of carboxylic acids is 1. The Morgan fingerprint density at radius 3 is 2.65 bits per heavy atom. The van der Waals surface area contributed by atoms with Gasteiger partial charge in [-0.05, 0) is 68.7 Å². The molecule has 1 unspecified atom stereocenters. The fourth-order valence-electron chi connectivity index (χ4n) is 5.34. The van der Waals surface area contributed by atoms with Gasteiger partial charge < -0.3 is 15.3 Å². The highest BCUT2D eigenvalue weighted by atomic mass is 16.4. The molecular formula is C26H28N6O2. The summed E-state index contributed by atoms with van der Waals surface area (Å²) in [5.74, 6) is -0.0697. The number of anilines is 2. The zero-order valence-electron chi connectivity index (χ0n) is 19.5. The third kappa shape index (κ3) is 3.45. The normalized spacial score (nSPS) is 17.9. The molecule has 34 heavy (non-hydrogen) atoms. The number of hydrogen-bond acceptors (Lipinski definition) is 6. The Bertz CT molecular complexity index is 1410. The minimum absolute atomic E-state index is 0.162. The highest BCUT2D eigenvalue weighted by Gasteiger charge is 2.44. The van der Waals surface area contributed by atoms with Crippen LogP contribution in [0.15, 0.2) is 42.7 Å². The molecule has 174 valence electrons. The third-order valence-electron chi connectivity index (χ3n) is 7.56. The molecule has 2 aromatic carbocycles. The second-order valence-electron chi connectivity index (χ2n) is 9.89. The van der Waals surface area contributed by atoms with Crippen LogP contribution in [0.5, 0.6) is 0 Å². The van der Waals surface area contributed by atoms with Crippen molar-refractivity contribution in [3.8, 4) is 0 Å². The number of para-hydroxylation sites is 1. The average molecular weight is 457 g/mol. The van der Waals surface area contributed by atoms with Gasteiger partial charge in [-0.25, -0.2) is 9.78 Å². The van der Waals surface area contributed by atoms with E-state index in [9.17, 15) is 9.90 Å². The largest absolute Gasteiger partial charge is 0.478 e. The molecule has 1 aliphatic carbocycles. The number of rotatable bonds is 5. The highest BCUT2D eigenvalue weighted by Crippen LogP contribution is 2.53. The van der Waals surface area contributed by atoms with Gasteiger partial charge in [0.05, 0.1) is 17.1 Å². The lowest BCUT2D eigenvalue weighted by atomic mass is 9.94.